The standard InChI is InChI=1S/C29H20F8O2S/c1-13-18(30)22(34)27(23(35)19(13)31)40-28-24(36)20(32)26(21(33)25(28)37)39-17-11-7-15(8-12-17)29(2,3)14-5-9-16(38-4)10-6-14/h5-12H,1-4H3. The SMILES string of the molecule is COc1ccc(C(C)(C)c2ccc(Oc3c(F)c(F)c(Sc4c(F)c(F)c(C)c(F)c4F)c(F)c3F)cc2)cc1. The van der Waals surface area contributed by atoms with Crippen LogP contribution in [0.15, 0.2) is 58.3 Å². The van der Waals surface area contributed by atoms with Crippen molar-refractivity contribution < 1.29 is 44.6 Å². The van der Waals surface area contributed by atoms with Crippen LogP contribution in [0, 0.1) is 53.5 Å². The van der Waals surface area contributed by atoms with E-state index in [0.29, 0.717) is 5.75 Å². The molecule has 0 spiro atoms. The van der Waals surface area contributed by atoms with Gasteiger partial charge in [0, 0.05) is 11.0 Å². The summed E-state index contributed by atoms with van der Waals surface area (Å²) in [6.45, 7) is 4.61. The molecule has 0 unspecified atom stereocenters. The van der Waals surface area contributed by atoms with Gasteiger partial charge >= 0.3 is 0 Å². The predicted octanol–water partition coefficient (Wildman–Crippen LogP) is 9.39. The Morgan fingerprint density at radius 2 is 0.925 bits per heavy atom. The molecular formula is C29H20F8O2S. The highest BCUT2D eigenvalue weighted by molar-refractivity contribution is 7.99. The van der Waals surface area contributed by atoms with Crippen molar-refractivity contribution >= 4 is 11.8 Å². The van der Waals surface area contributed by atoms with Gasteiger partial charge in [0.1, 0.15) is 11.5 Å². The number of ether oxygens (including phenoxy) is 2. The van der Waals surface area contributed by atoms with Gasteiger partial charge in [-0.25, -0.2) is 26.3 Å². The maximum Gasteiger partial charge on any atom is 0.205 e. The summed E-state index contributed by atoms with van der Waals surface area (Å²) >= 11 is -0.544. The third-order valence-corrected chi connectivity index (χ3v) is 7.56. The zero-order valence-corrected chi connectivity index (χ0v) is 22.2. The Bertz CT molecular complexity index is 1530. The van der Waals surface area contributed by atoms with E-state index < -0.39 is 84.8 Å². The van der Waals surface area contributed by atoms with Crippen molar-refractivity contribution in [3.63, 3.8) is 0 Å². The zero-order valence-electron chi connectivity index (χ0n) is 21.4. The molecule has 0 aliphatic rings. The molecule has 0 N–H and O–H groups in total. The number of hydrogen-bond donors (Lipinski definition) is 0. The highest BCUT2D eigenvalue weighted by Gasteiger charge is 2.32. The molecule has 4 aromatic rings. The molecule has 0 heterocycles. The monoisotopic (exact) mass is 584 g/mol. The molecule has 0 aliphatic carbocycles. The summed E-state index contributed by atoms with van der Waals surface area (Å²) in [4.78, 5) is -3.07. The summed E-state index contributed by atoms with van der Waals surface area (Å²) in [6, 6.07) is 13.2. The van der Waals surface area contributed by atoms with E-state index >= 15 is 0 Å². The van der Waals surface area contributed by atoms with Crippen LogP contribution in [0.4, 0.5) is 35.1 Å². The number of rotatable bonds is 7. The van der Waals surface area contributed by atoms with Gasteiger partial charge in [0.05, 0.1) is 16.9 Å². The van der Waals surface area contributed by atoms with Crippen LogP contribution >= 0.6 is 11.8 Å². The first-order valence-electron chi connectivity index (χ1n) is 11.6. The van der Waals surface area contributed by atoms with Gasteiger partial charge in [0.2, 0.25) is 17.4 Å². The molecule has 0 fully saturated rings. The summed E-state index contributed by atoms with van der Waals surface area (Å²) in [7, 11) is 1.54. The lowest BCUT2D eigenvalue weighted by atomic mass is 9.78. The van der Waals surface area contributed by atoms with Crippen molar-refractivity contribution in [2.75, 3.05) is 7.11 Å². The normalized spacial score (nSPS) is 11.6. The Hall–Kier alpha value is -3.73. The molecule has 0 atom stereocenters. The lowest BCUT2D eigenvalue weighted by molar-refractivity contribution is 0.352. The molecule has 0 aliphatic heterocycles. The van der Waals surface area contributed by atoms with Gasteiger partial charge in [-0.1, -0.05) is 49.9 Å². The molecule has 2 nitrogen and oxygen atoms in total. The van der Waals surface area contributed by atoms with Crippen LogP contribution in [0.3, 0.4) is 0 Å². The topological polar surface area (TPSA) is 18.5 Å². The predicted molar refractivity (Wildman–Crippen MR) is 133 cm³/mol. The van der Waals surface area contributed by atoms with Crippen molar-refractivity contribution in [3.8, 4) is 17.2 Å². The molecule has 0 amide bonds. The molecule has 210 valence electrons. The van der Waals surface area contributed by atoms with Gasteiger partial charge in [0.25, 0.3) is 0 Å². The van der Waals surface area contributed by atoms with E-state index in [0.717, 1.165) is 18.1 Å². The summed E-state index contributed by atoms with van der Waals surface area (Å²) in [5, 5.41) is 0. The van der Waals surface area contributed by atoms with Gasteiger partial charge < -0.3 is 9.47 Å². The van der Waals surface area contributed by atoms with Crippen molar-refractivity contribution in [2.24, 2.45) is 0 Å². The Balaban J connectivity index is 1.65. The fourth-order valence-electron chi connectivity index (χ4n) is 3.92. The smallest absolute Gasteiger partial charge is 0.205 e. The first kappa shape index (κ1) is 29.3. The third kappa shape index (κ3) is 5.10. The van der Waals surface area contributed by atoms with Crippen LogP contribution < -0.4 is 9.47 Å². The maximum atomic E-state index is 14.8. The zero-order chi connectivity index (χ0) is 29.5. The second kappa shape index (κ2) is 11.0. The van der Waals surface area contributed by atoms with E-state index in [-0.39, 0.29) is 5.75 Å². The van der Waals surface area contributed by atoms with Crippen molar-refractivity contribution in [2.45, 2.75) is 36.0 Å². The number of hydrogen-bond acceptors (Lipinski definition) is 3. The van der Waals surface area contributed by atoms with Crippen LogP contribution in [0.2, 0.25) is 0 Å². The van der Waals surface area contributed by atoms with E-state index in [2.05, 4.69) is 0 Å². The molecule has 0 aromatic heterocycles. The van der Waals surface area contributed by atoms with E-state index in [1.807, 2.05) is 26.0 Å². The first-order valence-corrected chi connectivity index (χ1v) is 12.4. The molecule has 4 aromatic carbocycles. The third-order valence-electron chi connectivity index (χ3n) is 6.44. The Morgan fingerprint density at radius 3 is 1.32 bits per heavy atom. The van der Waals surface area contributed by atoms with Gasteiger partial charge in [0.15, 0.2) is 34.9 Å². The van der Waals surface area contributed by atoms with E-state index in [4.69, 9.17) is 9.47 Å². The van der Waals surface area contributed by atoms with E-state index in [1.54, 1.807) is 31.4 Å². The average Bonchev–Trinajstić information content (AvgIpc) is 2.96. The summed E-state index contributed by atoms with van der Waals surface area (Å²) in [5.41, 5.74) is 0.173. The van der Waals surface area contributed by atoms with Gasteiger partial charge in [-0.3, -0.25) is 0 Å². The highest BCUT2D eigenvalue weighted by atomic mass is 32.2. The quantitative estimate of drug-likeness (QED) is 0.159. The Kier molecular flexibility index (Phi) is 8.07. The minimum Gasteiger partial charge on any atom is -0.497 e. The molecule has 40 heavy (non-hydrogen) atoms. The van der Waals surface area contributed by atoms with Crippen molar-refractivity contribution in [3.05, 3.63) is 112 Å². The molecule has 0 saturated carbocycles. The summed E-state index contributed by atoms with van der Waals surface area (Å²) in [5.74, 6) is -16.7. The highest BCUT2D eigenvalue weighted by Crippen LogP contribution is 2.43. The number of halogens is 8. The molecule has 11 heteroatoms. The minimum absolute atomic E-state index is 0.175. The van der Waals surface area contributed by atoms with Crippen molar-refractivity contribution in [1.29, 1.82) is 0 Å². The molecule has 0 radical (unpaired) electrons. The van der Waals surface area contributed by atoms with Crippen LogP contribution in [0.5, 0.6) is 17.2 Å². The second-order valence-electron chi connectivity index (χ2n) is 9.21. The minimum atomic E-state index is -2.07. The van der Waals surface area contributed by atoms with E-state index in [9.17, 15) is 35.1 Å². The second-order valence-corrected chi connectivity index (χ2v) is 10.2. The Labute approximate surface area is 228 Å². The largest absolute Gasteiger partial charge is 0.497 e. The van der Waals surface area contributed by atoms with Gasteiger partial charge in [-0.2, -0.15) is 8.78 Å². The fourth-order valence-corrected chi connectivity index (χ4v) is 4.84. The first-order chi connectivity index (χ1) is 18.8. The summed E-state index contributed by atoms with van der Waals surface area (Å²) < 4.78 is 126. The number of benzene rings is 4. The van der Waals surface area contributed by atoms with Crippen LogP contribution in [-0.2, 0) is 5.41 Å². The molecular weight excluding hydrogens is 564 g/mol. The van der Waals surface area contributed by atoms with E-state index in [1.165, 1.54) is 12.1 Å². The molecule has 0 bridgehead atoms. The van der Waals surface area contributed by atoms with Crippen LogP contribution in [0.1, 0.15) is 30.5 Å². The lowest BCUT2D eigenvalue weighted by Gasteiger charge is -2.26. The van der Waals surface area contributed by atoms with Crippen molar-refractivity contribution in [1.82, 2.24) is 0 Å². The van der Waals surface area contributed by atoms with Gasteiger partial charge in [-0.15, -0.1) is 0 Å². The lowest BCUT2D eigenvalue weighted by Crippen LogP contribution is -2.18. The fraction of sp³-hybridized carbons (Fsp3) is 0.172. The van der Waals surface area contributed by atoms with Crippen LogP contribution in [0.25, 0.3) is 0 Å². The summed E-state index contributed by atoms with van der Waals surface area (Å²) in [6.07, 6.45) is 0. The van der Waals surface area contributed by atoms with Crippen LogP contribution in [-0.4, -0.2) is 7.11 Å². The number of methoxy groups -OCH3 is 1. The van der Waals surface area contributed by atoms with Gasteiger partial charge in [-0.05, 0) is 42.3 Å². The maximum absolute atomic E-state index is 14.8. The Morgan fingerprint density at radius 1 is 0.550 bits per heavy atom. The molecule has 0 saturated heterocycles. The molecule has 4 rings (SSSR count). The average molecular weight is 585 g/mol.